The van der Waals surface area contributed by atoms with Crippen LogP contribution < -0.4 is 15.0 Å². The number of methoxy groups -OCH3 is 1. The largest absolute Gasteiger partial charge is 0.504 e. The SMILES string of the molecule is CCCCCCCCOc1ccc2c(O)c(OC)c(=O)n(CCCCCC)c2c1. The second-order valence-electron chi connectivity index (χ2n) is 7.69. The number of hydrogen-bond donors (Lipinski definition) is 1. The molecular formula is C24H37NO4. The van der Waals surface area contributed by atoms with Crippen LogP contribution in [0.25, 0.3) is 10.9 Å². The van der Waals surface area contributed by atoms with Gasteiger partial charge in [0.15, 0.2) is 5.75 Å². The van der Waals surface area contributed by atoms with Crippen molar-refractivity contribution in [2.45, 2.75) is 84.6 Å². The van der Waals surface area contributed by atoms with E-state index < -0.39 is 0 Å². The monoisotopic (exact) mass is 403 g/mol. The molecule has 0 amide bonds. The lowest BCUT2D eigenvalue weighted by Crippen LogP contribution is -2.22. The number of ether oxygens (including phenoxy) is 2. The topological polar surface area (TPSA) is 60.7 Å². The second kappa shape index (κ2) is 12.4. The summed E-state index contributed by atoms with van der Waals surface area (Å²) >= 11 is 0. The molecule has 0 saturated heterocycles. The Hall–Kier alpha value is -2.17. The van der Waals surface area contributed by atoms with E-state index in [1.54, 1.807) is 4.57 Å². The van der Waals surface area contributed by atoms with Gasteiger partial charge in [0, 0.05) is 18.0 Å². The molecule has 0 aliphatic rings. The van der Waals surface area contributed by atoms with Gasteiger partial charge in [-0.25, -0.2) is 0 Å². The molecule has 29 heavy (non-hydrogen) atoms. The molecule has 0 fully saturated rings. The Morgan fingerprint density at radius 1 is 0.931 bits per heavy atom. The Morgan fingerprint density at radius 2 is 1.59 bits per heavy atom. The first-order valence-electron chi connectivity index (χ1n) is 11.2. The van der Waals surface area contributed by atoms with Crippen molar-refractivity contribution in [3.63, 3.8) is 0 Å². The molecule has 5 heteroatoms. The van der Waals surface area contributed by atoms with E-state index in [2.05, 4.69) is 13.8 Å². The van der Waals surface area contributed by atoms with Crippen molar-refractivity contribution in [3.8, 4) is 17.2 Å². The Labute approximate surface area is 174 Å². The number of rotatable bonds is 14. The molecule has 0 aliphatic carbocycles. The van der Waals surface area contributed by atoms with Crippen molar-refractivity contribution in [2.24, 2.45) is 0 Å². The van der Waals surface area contributed by atoms with Gasteiger partial charge in [-0.15, -0.1) is 0 Å². The zero-order valence-corrected chi connectivity index (χ0v) is 18.3. The third-order valence-electron chi connectivity index (χ3n) is 5.38. The minimum Gasteiger partial charge on any atom is -0.504 e. The Balaban J connectivity index is 2.16. The van der Waals surface area contributed by atoms with Crippen molar-refractivity contribution >= 4 is 10.9 Å². The molecule has 0 spiro atoms. The maximum atomic E-state index is 12.8. The average molecular weight is 404 g/mol. The number of aromatic nitrogens is 1. The van der Waals surface area contributed by atoms with Gasteiger partial charge in [-0.05, 0) is 25.0 Å². The molecule has 0 aliphatic heterocycles. The molecule has 0 saturated carbocycles. The summed E-state index contributed by atoms with van der Waals surface area (Å²) in [4.78, 5) is 12.8. The van der Waals surface area contributed by atoms with E-state index in [1.165, 1.54) is 39.2 Å². The standard InChI is InChI=1S/C24H37NO4/c1-4-6-8-10-11-13-17-29-19-14-15-20-21(18-19)25(16-12-9-7-5-2)24(27)23(28-3)22(20)26/h14-15,18,26H,4-13,16-17H2,1-3H3. The van der Waals surface area contributed by atoms with Crippen LogP contribution >= 0.6 is 0 Å². The van der Waals surface area contributed by atoms with Crippen molar-refractivity contribution in [1.82, 2.24) is 4.57 Å². The zero-order valence-electron chi connectivity index (χ0n) is 18.3. The lowest BCUT2D eigenvalue weighted by molar-refractivity contribution is 0.304. The van der Waals surface area contributed by atoms with Crippen molar-refractivity contribution in [1.29, 1.82) is 0 Å². The Kier molecular flexibility index (Phi) is 9.89. The van der Waals surface area contributed by atoms with Gasteiger partial charge in [-0.3, -0.25) is 4.79 Å². The first-order valence-corrected chi connectivity index (χ1v) is 11.2. The van der Waals surface area contributed by atoms with Crippen LogP contribution in [0.3, 0.4) is 0 Å². The van der Waals surface area contributed by atoms with Crippen LogP contribution in [0.15, 0.2) is 23.0 Å². The van der Waals surface area contributed by atoms with Gasteiger partial charge in [0.2, 0.25) is 5.75 Å². The molecule has 162 valence electrons. The summed E-state index contributed by atoms with van der Waals surface area (Å²) < 4.78 is 12.8. The molecule has 1 aromatic heterocycles. The van der Waals surface area contributed by atoms with E-state index >= 15 is 0 Å². The predicted octanol–water partition coefficient (Wildman–Crippen LogP) is 6.04. The molecular weight excluding hydrogens is 366 g/mol. The number of benzene rings is 1. The number of aryl methyl sites for hydroxylation is 1. The van der Waals surface area contributed by atoms with E-state index in [4.69, 9.17) is 9.47 Å². The van der Waals surface area contributed by atoms with Crippen molar-refractivity contribution in [2.75, 3.05) is 13.7 Å². The molecule has 2 rings (SSSR count). The maximum absolute atomic E-state index is 12.8. The number of fused-ring (bicyclic) bond motifs is 1. The first-order chi connectivity index (χ1) is 14.1. The summed E-state index contributed by atoms with van der Waals surface area (Å²) in [6.07, 6.45) is 11.6. The smallest absolute Gasteiger partial charge is 0.297 e. The summed E-state index contributed by atoms with van der Waals surface area (Å²) in [6.45, 7) is 5.66. The summed E-state index contributed by atoms with van der Waals surface area (Å²) in [7, 11) is 1.42. The van der Waals surface area contributed by atoms with Crippen LogP contribution in [0.2, 0.25) is 0 Å². The van der Waals surface area contributed by atoms with Gasteiger partial charge < -0.3 is 19.1 Å². The van der Waals surface area contributed by atoms with Gasteiger partial charge in [0.25, 0.3) is 5.56 Å². The highest BCUT2D eigenvalue weighted by Crippen LogP contribution is 2.33. The van der Waals surface area contributed by atoms with E-state index in [0.717, 1.165) is 37.9 Å². The Bertz CT molecular complexity index is 813. The molecule has 2 aromatic rings. The van der Waals surface area contributed by atoms with E-state index in [1.807, 2.05) is 18.2 Å². The van der Waals surface area contributed by atoms with Gasteiger partial charge in [-0.2, -0.15) is 0 Å². The third-order valence-corrected chi connectivity index (χ3v) is 5.38. The fraction of sp³-hybridized carbons (Fsp3) is 0.625. The molecule has 1 aromatic carbocycles. The van der Waals surface area contributed by atoms with Crippen LogP contribution in [-0.4, -0.2) is 23.4 Å². The molecule has 0 atom stereocenters. The number of nitrogens with zero attached hydrogens (tertiary/aromatic N) is 1. The summed E-state index contributed by atoms with van der Waals surface area (Å²) in [5, 5.41) is 11.1. The van der Waals surface area contributed by atoms with Gasteiger partial charge in [0.05, 0.1) is 19.2 Å². The minimum absolute atomic E-state index is 0.00809. The fourth-order valence-corrected chi connectivity index (χ4v) is 3.66. The lowest BCUT2D eigenvalue weighted by atomic mass is 10.1. The highest BCUT2D eigenvalue weighted by atomic mass is 16.5. The quantitative estimate of drug-likeness (QED) is 0.391. The molecule has 1 N–H and O–H groups in total. The summed E-state index contributed by atoms with van der Waals surface area (Å²) in [6, 6.07) is 5.53. The average Bonchev–Trinajstić information content (AvgIpc) is 2.73. The molecule has 0 bridgehead atoms. The first kappa shape index (κ1) is 23.1. The van der Waals surface area contributed by atoms with Crippen molar-refractivity contribution < 1.29 is 14.6 Å². The van der Waals surface area contributed by atoms with Crippen LogP contribution in [0.5, 0.6) is 17.2 Å². The number of hydrogen-bond acceptors (Lipinski definition) is 4. The van der Waals surface area contributed by atoms with Crippen molar-refractivity contribution in [3.05, 3.63) is 28.6 Å². The minimum atomic E-state index is -0.290. The van der Waals surface area contributed by atoms with Crippen LogP contribution in [0.4, 0.5) is 0 Å². The number of pyridine rings is 1. The van der Waals surface area contributed by atoms with Gasteiger partial charge in [0.1, 0.15) is 5.75 Å². The summed E-state index contributed by atoms with van der Waals surface area (Å²) in [5.74, 6) is 0.644. The summed E-state index contributed by atoms with van der Waals surface area (Å²) in [5.41, 5.74) is 0.410. The zero-order chi connectivity index (χ0) is 21.1. The van der Waals surface area contributed by atoms with Crippen LogP contribution in [0.1, 0.15) is 78.1 Å². The molecule has 0 unspecified atom stereocenters. The van der Waals surface area contributed by atoms with Gasteiger partial charge in [-0.1, -0.05) is 65.2 Å². The fourth-order valence-electron chi connectivity index (χ4n) is 3.66. The van der Waals surface area contributed by atoms with Gasteiger partial charge >= 0.3 is 0 Å². The lowest BCUT2D eigenvalue weighted by Gasteiger charge is -2.15. The number of aromatic hydroxyl groups is 1. The van der Waals surface area contributed by atoms with Crippen LogP contribution in [0, 0.1) is 0 Å². The molecule has 1 heterocycles. The third kappa shape index (κ3) is 6.41. The molecule has 0 radical (unpaired) electrons. The maximum Gasteiger partial charge on any atom is 0.297 e. The Morgan fingerprint density at radius 3 is 2.28 bits per heavy atom. The van der Waals surface area contributed by atoms with E-state index in [9.17, 15) is 9.90 Å². The number of unbranched alkanes of at least 4 members (excludes halogenated alkanes) is 8. The van der Waals surface area contributed by atoms with E-state index in [0.29, 0.717) is 24.1 Å². The van der Waals surface area contributed by atoms with Crippen LogP contribution in [-0.2, 0) is 6.54 Å². The predicted molar refractivity (Wildman–Crippen MR) is 119 cm³/mol. The molecule has 5 nitrogen and oxygen atoms in total. The highest BCUT2D eigenvalue weighted by Gasteiger charge is 2.17. The highest BCUT2D eigenvalue weighted by molar-refractivity contribution is 5.88. The van der Waals surface area contributed by atoms with E-state index in [-0.39, 0.29) is 17.1 Å². The second-order valence-corrected chi connectivity index (χ2v) is 7.69. The normalized spacial score (nSPS) is 11.1.